The number of hydrogen-bond acceptors (Lipinski definition) is 8. The van der Waals surface area contributed by atoms with E-state index in [9.17, 15) is 24.6 Å². The van der Waals surface area contributed by atoms with Gasteiger partial charge in [0.1, 0.15) is 5.75 Å². The molecule has 9 nitrogen and oxygen atoms in total. The third-order valence-electron chi connectivity index (χ3n) is 8.36. The zero-order valence-corrected chi connectivity index (χ0v) is 27.1. The smallest absolute Gasteiger partial charge is 0.336 e. The van der Waals surface area contributed by atoms with Gasteiger partial charge in [0.25, 0.3) is 5.06 Å². The first kappa shape index (κ1) is 34.9. The summed E-state index contributed by atoms with van der Waals surface area (Å²) in [4.78, 5) is 41.4. The molecular weight excluding hydrogens is 610 g/mol. The molecule has 246 valence electrons. The Balaban J connectivity index is 1.70. The molecule has 3 aromatic rings. The lowest BCUT2D eigenvalue weighted by atomic mass is 9.77. The van der Waals surface area contributed by atoms with Crippen molar-refractivity contribution in [3.63, 3.8) is 0 Å². The Hall–Kier alpha value is -3.92. The Morgan fingerprint density at radius 1 is 0.783 bits per heavy atom. The number of benzene rings is 3. The molecule has 1 saturated heterocycles. The molecule has 3 atom stereocenters. The molecule has 1 heterocycles. The van der Waals surface area contributed by atoms with Crippen LogP contribution >= 0.6 is 11.6 Å². The van der Waals surface area contributed by atoms with E-state index in [0.717, 1.165) is 45.3 Å². The maximum Gasteiger partial charge on any atom is 0.336 e. The molecule has 0 aliphatic carbocycles. The fourth-order valence-electron chi connectivity index (χ4n) is 5.78. The first-order valence-corrected chi connectivity index (χ1v) is 16.1. The van der Waals surface area contributed by atoms with Crippen LogP contribution in [0.4, 0.5) is 0 Å². The number of rotatable bonds is 14. The van der Waals surface area contributed by atoms with E-state index in [4.69, 9.17) is 25.8 Å². The number of carbonyl (C=O) groups is 3. The molecule has 2 N–H and O–H groups in total. The average molecular weight is 652 g/mol. The van der Waals surface area contributed by atoms with Crippen molar-refractivity contribution >= 4 is 29.5 Å². The number of carboxylic acids is 1. The number of nitrogens with zero attached hydrogens (tertiary/aromatic N) is 1. The number of halogens is 1. The Morgan fingerprint density at radius 2 is 1.30 bits per heavy atom. The zero-order valence-electron chi connectivity index (χ0n) is 26.3. The van der Waals surface area contributed by atoms with Crippen LogP contribution in [0.25, 0.3) is 0 Å². The molecule has 1 aliphatic heterocycles. The van der Waals surface area contributed by atoms with Crippen molar-refractivity contribution in [1.82, 2.24) is 4.90 Å². The van der Waals surface area contributed by atoms with Gasteiger partial charge in [-0.1, -0.05) is 111 Å². The molecule has 0 aromatic heterocycles. The molecule has 1 aliphatic rings. The number of alkyl halides is 1. The zero-order chi connectivity index (χ0) is 33.2. The molecule has 0 amide bonds. The number of carboxylic acid groups (broad SMARTS) is 1. The van der Waals surface area contributed by atoms with E-state index in [0.29, 0.717) is 23.5 Å². The molecule has 0 radical (unpaired) electrons. The Bertz CT molecular complexity index is 1450. The SMILES string of the molecule is CCN(CC)CCCCCCOc1ccc(C2(c3ccccc3)OC(=O)CC(O)(C(=O)O)CC(=O)OC2(Cl)c2ccccc2)cc1. The van der Waals surface area contributed by atoms with Gasteiger partial charge in [0.2, 0.25) is 5.60 Å². The Kier molecular flexibility index (Phi) is 11.8. The summed E-state index contributed by atoms with van der Waals surface area (Å²) in [5.41, 5.74) is -3.82. The number of hydrogen-bond donors (Lipinski definition) is 2. The molecule has 3 unspecified atom stereocenters. The first-order chi connectivity index (χ1) is 22.1. The molecule has 0 spiro atoms. The van der Waals surface area contributed by atoms with Crippen molar-refractivity contribution in [3.8, 4) is 5.75 Å². The molecule has 0 bridgehead atoms. The van der Waals surface area contributed by atoms with Gasteiger partial charge in [-0.3, -0.25) is 9.59 Å². The van der Waals surface area contributed by atoms with Crippen molar-refractivity contribution in [1.29, 1.82) is 0 Å². The maximum atomic E-state index is 13.6. The van der Waals surface area contributed by atoms with Gasteiger partial charge in [0.05, 0.1) is 19.4 Å². The minimum absolute atomic E-state index is 0.267. The predicted octanol–water partition coefficient (Wildman–Crippen LogP) is 6.00. The summed E-state index contributed by atoms with van der Waals surface area (Å²) in [7, 11) is 0. The average Bonchev–Trinajstić information content (AvgIpc) is 3.08. The number of esters is 2. The summed E-state index contributed by atoms with van der Waals surface area (Å²) in [6, 6.07) is 23.7. The highest BCUT2D eigenvalue weighted by Gasteiger charge is 2.62. The van der Waals surface area contributed by atoms with Crippen molar-refractivity contribution in [3.05, 3.63) is 102 Å². The number of aliphatic carboxylic acids is 1. The summed E-state index contributed by atoms with van der Waals surface area (Å²) in [6.45, 7) is 8.09. The van der Waals surface area contributed by atoms with E-state index in [-0.39, 0.29) is 5.56 Å². The highest BCUT2D eigenvalue weighted by Crippen LogP contribution is 2.55. The predicted molar refractivity (Wildman–Crippen MR) is 173 cm³/mol. The molecule has 4 rings (SSSR count). The third kappa shape index (κ3) is 7.71. The van der Waals surface area contributed by atoms with Gasteiger partial charge >= 0.3 is 17.9 Å². The number of unbranched alkanes of at least 4 members (excludes halogenated alkanes) is 3. The quantitative estimate of drug-likeness (QED) is 0.123. The van der Waals surface area contributed by atoms with Crippen LogP contribution in [0.3, 0.4) is 0 Å². The second-order valence-corrected chi connectivity index (χ2v) is 12.0. The summed E-state index contributed by atoms with van der Waals surface area (Å²) in [5, 5.41) is 18.4. The second-order valence-electron chi connectivity index (χ2n) is 11.5. The summed E-state index contributed by atoms with van der Waals surface area (Å²) >= 11 is 7.41. The van der Waals surface area contributed by atoms with E-state index in [1.54, 1.807) is 84.9 Å². The van der Waals surface area contributed by atoms with Gasteiger partial charge in [-0.15, -0.1) is 0 Å². The van der Waals surface area contributed by atoms with E-state index < -0.39 is 47.0 Å². The van der Waals surface area contributed by atoms with Gasteiger partial charge in [-0.2, -0.15) is 0 Å². The summed E-state index contributed by atoms with van der Waals surface area (Å²) in [6.07, 6.45) is 2.18. The Morgan fingerprint density at radius 3 is 1.87 bits per heavy atom. The van der Waals surface area contributed by atoms with Crippen LogP contribution in [0, 0.1) is 0 Å². The second kappa shape index (κ2) is 15.6. The third-order valence-corrected chi connectivity index (χ3v) is 8.93. The van der Waals surface area contributed by atoms with E-state index >= 15 is 0 Å². The van der Waals surface area contributed by atoms with E-state index in [2.05, 4.69) is 18.7 Å². The lowest BCUT2D eigenvalue weighted by Gasteiger charge is -2.45. The molecule has 10 heteroatoms. The number of ether oxygens (including phenoxy) is 3. The van der Waals surface area contributed by atoms with E-state index in [1.165, 1.54) is 0 Å². The van der Waals surface area contributed by atoms with Crippen LogP contribution < -0.4 is 4.74 Å². The van der Waals surface area contributed by atoms with Gasteiger partial charge in [-0.05, 0) is 44.6 Å². The van der Waals surface area contributed by atoms with Crippen LogP contribution in [-0.2, 0) is 34.5 Å². The molecular formula is C36H42ClNO8. The van der Waals surface area contributed by atoms with E-state index in [1.807, 2.05) is 0 Å². The maximum absolute atomic E-state index is 13.6. The lowest BCUT2D eigenvalue weighted by Crippen LogP contribution is -2.52. The van der Waals surface area contributed by atoms with Crippen molar-refractivity contribution in [2.75, 3.05) is 26.2 Å². The molecule has 0 saturated carbocycles. The summed E-state index contributed by atoms with van der Waals surface area (Å²) in [5.74, 6) is -3.39. The van der Waals surface area contributed by atoms with Crippen LogP contribution in [0.5, 0.6) is 5.75 Å². The summed E-state index contributed by atoms with van der Waals surface area (Å²) < 4.78 is 18.1. The monoisotopic (exact) mass is 651 g/mol. The van der Waals surface area contributed by atoms with Crippen LogP contribution in [0.1, 0.15) is 69.1 Å². The standard InChI is InChI=1S/C36H42ClNO8/c1-3-38(4-2)23-13-5-6-14-24-44-30-21-19-28(20-22-30)35(27-15-9-7-10-16-27)36(37,29-17-11-8-12-18-29)46-32(40)26-34(43,33(41)42)25-31(39)45-35/h7-12,15-22,43H,3-6,13-14,23-26H2,1-2H3,(H,41,42). The largest absolute Gasteiger partial charge is 0.494 e. The topological polar surface area (TPSA) is 123 Å². The number of cyclic esters (lactones) is 2. The van der Waals surface area contributed by atoms with Gasteiger partial charge in [0, 0.05) is 16.7 Å². The Labute approximate surface area is 275 Å². The highest BCUT2D eigenvalue weighted by molar-refractivity contribution is 6.25. The fraction of sp³-hybridized carbons (Fsp3) is 0.417. The van der Waals surface area contributed by atoms with Crippen molar-refractivity contribution < 1.29 is 38.8 Å². The van der Waals surface area contributed by atoms with Crippen molar-refractivity contribution in [2.45, 2.75) is 68.6 Å². The number of carbonyl (C=O) groups excluding carboxylic acids is 2. The van der Waals surface area contributed by atoms with Gasteiger partial charge in [0.15, 0.2) is 5.60 Å². The van der Waals surface area contributed by atoms with Crippen molar-refractivity contribution in [2.24, 2.45) is 0 Å². The first-order valence-electron chi connectivity index (χ1n) is 15.7. The van der Waals surface area contributed by atoms with Crippen LogP contribution in [0.15, 0.2) is 84.9 Å². The van der Waals surface area contributed by atoms with Crippen LogP contribution in [0.2, 0.25) is 0 Å². The highest BCUT2D eigenvalue weighted by atomic mass is 35.5. The number of aliphatic hydroxyl groups is 1. The molecule has 3 aromatic carbocycles. The minimum atomic E-state index is -2.77. The van der Waals surface area contributed by atoms with Crippen LogP contribution in [-0.4, -0.2) is 64.9 Å². The molecule has 46 heavy (non-hydrogen) atoms. The minimum Gasteiger partial charge on any atom is -0.494 e. The fourth-order valence-corrected chi connectivity index (χ4v) is 6.25. The lowest BCUT2D eigenvalue weighted by molar-refractivity contribution is -0.189. The molecule has 1 fully saturated rings. The van der Waals surface area contributed by atoms with Gasteiger partial charge in [-0.25, -0.2) is 4.79 Å². The van der Waals surface area contributed by atoms with Gasteiger partial charge < -0.3 is 29.3 Å². The normalized spacial score (nSPS) is 23.5.